The Morgan fingerprint density at radius 2 is 0.885 bits per heavy atom. The van der Waals surface area contributed by atoms with Gasteiger partial charge in [-0.05, 0) is 95.6 Å². The lowest BCUT2D eigenvalue weighted by Gasteiger charge is -2.17. The topological polar surface area (TPSA) is 42.9 Å². The molecule has 61 heavy (non-hydrogen) atoms. The molecule has 0 saturated heterocycles. The highest BCUT2D eigenvalue weighted by Gasteiger charge is 2.22. The Balaban J connectivity index is 1.06. The number of aromatic nitrogens is 3. The molecule has 0 aliphatic carbocycles. The van der Waals surface area contributed by atoms with Gasteiger partial charge in [-0.15, -0.1) is 0 Å². The maximum Gasteiger partial charge on any atom is 0.206 e. The number of hydrogen-bond acceptors (Lipinski definition) is 1. The molecule has 12 rings (SSSR count). The number of benzene rings is 9. The van der Waals surface area contributed by atoms with Crippen LogP contribution in [0.3, 0.4) is 0 Å². The van der Waals surface area contributed by atoms with Gasteiger partial charge >= 0.3 is 0 Å². The highest BCUT2D eigenvalue weighted by molar-refractivity contribution is 6.29. The molecule has 0 radical (unpaired) electrons. The van der Waals surface area contributed by atoms with Gasteiger partial charge in [0.15, 0.2) is 0 Å². The van der Waals surface area contributed by atoms with Crippen LogP contribution in [0.1, 0.15) is 5.56 Å². The Hall–Kier alpha value is -8.64. The first-order chi connectivity index (χ1) is 30.2. The van der Waals surface area contributed by atoms with E-state index in [4.69, 9.17) is 6.57 Å². The minimum Gasteiger partial charge on any atom is -0.310 e. The third kappa shape index (κ3) is 5.12. The van der Waals surface area contributed by atoms with Crippen LogP contribution in [0.2, 0.25) is 0 Å². The lowest BCUT2D eigenvalue weighted by atomic mass is 9.99. The van der Waals surface area contributed by atoms with Gasteiger partial charge in [0.1, 0.15) is 0 Å². The molecule has 5 heteroatoms. The molecule has 0 aliphatic rings. The molecule has 3 aromatic heterocycles. The van der Waals surface area contributed by atoms with Gasteiger partial charge in [0, 0.05) is 54.9 Å². The second-order valence-corrected chi connectivity index (χ2v) is 15.5. The number of nitriles is 1. The van der Waals surface area contributed by atoms with Crippen molar-refractivity contribution in [3.63, 3.8) is 0 Å². The fraction of sp³-hybridized carbons (Fsp3) is 0. The van der Waals surface area contributed by atoms with Crippen molar-refractivity contribution in [2.24, 2.45) is 0 Å². The number of hydrogen-bond donors (Lipinski definition) is 0. The van der Waals surface area contributed by atoms with Gasteiger partial charge in [-0.25, -0.2) is 4.85 Å². The first kappa shape index (κ1) is 34.4. The molecular formula is C56H33N5. The predicted octanol–water partition coefficient (Wildman–Crippen LogP) is 14.7. The van der Waals surface area contributed by atoms with Crippen molar-refractivity contribution >= 4 is 71.1 Å². The summed E-state index contributed by atoms with van der Waals surface area (Å²) in [5, 5.41) is 17.4. The Labute approximate surface area is 351 Å². The predicted molar refractivity (Wildman–Crippen MR) is 251 cm³/mol. The molecule has 12 aromatic rings. The van der Waals surface area contributed by atoms with E-state index in [2.05, 4.69) is 207 Å². The van der Waals surface area contributed by atoms with Gasteiger partial charge < -0.3 is 13.7 Å². The molecule has 0 unspecified atom stereocenters. The fourth-order valence-corrected chi connectivity index (χ4v) is 9.66. The van der Waals surface area contributed by atoms with Crippen molar-refractivity contribution in [1.29, 1.82) is 5.26 Å². The Morgan fingerprint density at radius 1 is 0.393 bits per heavy atom. The van der Waals surface area contributed by atoms with E-state index in [0.717, 1.165) is 72.2 Å². The summed E-state index contributed by atoms with van der Waals surface area (Å²) in [5.41, 5.74) is 14.5. The van der Waals surface area contributed by atoms with E-state index >= 15 is 0 Å². The van der Waals surface area contributed by atoms with Crippen LogP contribution in [0.4, 0.5) is 5.69 Å². The van der Waals surface area contributed by atoms with Crippen molar-refractivity contribution in [3.8, 4) is 45.4 Å². The molecule has 3 heterocycles. The summed E-state index contributed by atoms with van der Waals surface area (Å²) in [6.45, 7) is 8.07. The quantitative estimate of drug-likeness (QED) is 0.161. The van der Waals surface area contributed by atoms with Crippen LogP contribution < -0.4 is 0 Å². The number of nitrogens with zero attached hydrogens (tertiary/aromatic N) is 5. The lowest BCUT2D eigenvalue weighted by Crippen LogP contribution is -1.99. The van der Waals surface area contributed by atoms with Crippen molar-refractivity contribution < 1.29 is 0 Å². The average Bonchev–Trinajstić information content (AvgIpc) is 3.97. The smallest absolute Gasteiger partial charge is 0.206 e. The molecule has 0 amide bonds. The van der Waals surface area contributed by atoms with Crippen LogP contribution >= 0.6 is 0 Å². The molecule has 0 N–H and O–H groups in total. The standard InChI is InChI=1S/C56H33N5/c1-58-47-34-54(61-48-21-11-8-18-42(48)46-32-38(26-29-51(46)61)36-14-4-2-5-15-36)45(33-39(47)35-57)37-24-27-41(28-25-37)60-50-23-13-10-20-44(50)56-53(60)31-30-52-55(56)43-19-9-12-22-49(43)59(52)40-16-6-3-7-17-40/h2-34H. The molecule has 0 fully saturated rings. The lowest BCUT2D eigenvalue weighted by molar-refractivity contribution is 1.17. The van der Waals surface area contributed by atoms with Crippen molar-refractivity contribution in [2.75, 3.05) is 0 Å². The van der Waals surface area contributed by atoms with Crippen molar-refractivity contribution in [2.45, 2.75) is 0 Å². The number of rotatable bonds is 5. The van der Waals surface area contributed by atoms with E-state index in [0.29, 0.717) is 11.3 Å². The molecule has 5 nitrogen and oxygen atoms in total. The van der Waals surface area contributed by atoms with E-state index in [-0.39, 0.29) is 0 Å². The monoisotopic (exact) mass is 775 g/mol. The third-order valence-corrected chi connectivity index (χ3v) is 12.3. The molecule has 0 aliphatic heterocycles. The molecule has 0 spiro atoms. The summed E-state index contributed by atoms with van der Waals surface area (Å²) in [7, 11) is 0. The number of fused-ring (bicyclic) bond motifs is 10. The van der Waals surface area contributed by atoms with Crippen LogP contribution in [-0.4, -0.2) is 13.7 Å². The maximum atomic E-state index is 10.3. The number of para-hydroxylation sites is 4. The van der Waals surface area contributed by atoms with Crippen LogP contribution in [0.25, 0.3) is 110 Å². The zero-order valence-corrected chi connectivity index (χ0v) is 32.8. The largest absolute Gasteiger partial charge is 0.310 e. The summed E-state index contributed by atoms with van der Waals surface area (Å²) in [5.74, 6) is 0. The zero-order valence-electron chi connectivity index (χ0n) is 32.8. The van der Waals surface area contributed by atoms with Crippen molar-refractivity contribution in [1.82, 2.24) is 13.7 Å². The molecule has 0 saturated carbocycles. The fourth-order valence-electron chi connectivity index (χ4n) is 9.66. The first-order valence-corrected chi connectivity index (χ1v) is 20.4. The van der Waals surface area contributed by atoms with Gasteiger partial charge in [-0.1, -0.05) is 121 Å². The second-order valence-electron chi connectivity index (χ2n) is 15.5. The van der Waals surface area contributed by atoms with Gasteiger partial charge in [0.05, 0.1) is 51.3 Å². The first-order valence-electron chi connectivity index (χ1n) is 20.4. The summed E-state index contributed by atoms with van der Waals surface area (Å²) in [6.07, 6.45) is 0. The van der Waals surface area contributed by atoms with Crippen LogP contribution in [-0.2, 0) is 0 Å². The molecule has 0 bridgehead atoms. The van der Waals surface area contributed by atoms with Gasteiger partial charge in [-0.2, -0.15) is 5.26 Å². The van der Waals surface area contributed by atoms with Crippen molar-refractivity contribution in [3.05, 3.63) is 217 Å². The Kier molecular flexibility index (Phi) is 7.59. The SMILES string of the molecule is [C-]#[N+]c1cc(-n2c3ccccc3c3cc(-c4ccccc4)ccc32)c(-c2ccc(-n3c4ccccc4c4c5c6ccccc6n(-c6ccccc6)c5ccc43)cc2)cc1C#N. The normalized spacial score (nSPS) is 11.6. The Bertz CT molecular complexity index is 3820. The van der Waals surface area contributed by atoms with E-state index in [1.165, 1.54) is 32.6 Å². The summed E-state index contributed by atoms with van der Waals surface area (Å²) < 4.78 is 6.99. The third-order valence-electron chi connectivity index (χ3n) is 12.3. The van der Waals surface area contributed by atoms with E-state index in [1.807, 2.05) is 18.2 Å². The molecular weight excluding hydrogens is 743 g/mol. The summed E-state index contributed by atoms with van der Waals surface area (Å²) in [4.78, 5) is 3.83. The molecule has 0 atom stereocenters. The highest BCUT2D eigenvalue weighted by atomic mass is 15.0. The summed E-state index contributed by atoms with van der Waals surface area (Å²) in [6, 6.07) is 72.7. The van der Waals surface area contributed by atoms with Gasteiger partial charge in [0.25, 0.3) is 0 Å². The zero-order chi connectivity index (χ0) is 40.6. The van der Waals surface area contributed by atoms with Crippen LogP contribution in [0, 0.1) is 17.9 Å². The van der Waals surface area contributed by atoms with Crippen LogP contribution in [0.15, 0.2) is 200 Å². The molecule has 282 valence electrons. The minimum absolute atomic E-state index is 0.329. The Morgan fingerprint density at radius 3 is 1.49 bits per heavy atom. The maximum absolute atomic E-state index is 10.3. The molecule has 9 aromatic carbocycles. The van der Waals surface area contributed by atoms with E-state index in [1.54, 1.807) is 0 Å². The highest BCUT2D eigenvalue weighted by Crippen LogP contribution is 2.44. The van der Waals surface area contributed by atoms with Gasteiger partial charge in [-0.3, -0.25) is 0 Å². The second kappa shape index (κ2) is 13.5. The van der Waals surface area contributed by atoms with E-state index in [9.17, 15) is 5.26 Å². The average molecular weight is 776 g/mol. The summed E-state index contributed by atoms with van der Waals surface area (Å²) >= 11 is 0. The minimum atomic E-state index is 0.329. The van der Waals surface area contributed by atoms with Crippen LogP contribution in [0.5, 0.6) is 0 Å². The van der Waals surface area contributed by atoms with E-state index < -0.39 is 0 Å². The van der Waals surface area contributed by atoms with Gasteiger partial charge in [0.2, 0.25) is 5.69 Å².